The third-order valence-corrected chi connectivity index (χ3v) is 5.71. The molecule has 7 heteroatoms. The van der Waals surface area contributed by atoms with Crippen LogP contribution in [0.25, 0.3) is 16.3 Å². The van der Waals surface area contributed by atoms with E-state index in [0.717, 1.165) is 14.6 Å². The van der Waals surface area contributed by atoms with Crippen molar-refractivity contribution in [3.63, 3.8) is 0 Å². The molecule has 0 radical (unpaired) electrons. The van der Waals surface area contributed by atoms with Crippen molar-refractivity contribution in [3.8, 4) is 17.6 Å². The monoisotopic (exact) mass is 372 g/mol. The van der Waals surface area contributed by atoms with Gasteiger partial charge in [0.15, 0.2) is 15.8 Å². The van der Waals surface area contributed by atoms with Gasteiger partial charge in [0, 0.05) is 6.07 Å². The summed E-state index contributed by atoms with van der Waals surface area (Å²) in [6.07, 6.45) is 1.74. The Bertz CT molecular complexity index is 974. The van der Waals surface area contributed by atoms with Crippen molar-refractivity contribution >= 4 is 51.0 Å². The maximum absolute atomic E-state index is 9.45. The summed E-state index contributed by atoms with van der Waals surface area (Å²) < 4.78 is 12.6. The molecule has 1 aromatic heterocycles. The second-order valence-electron chi connectivity index (χ2n) is 4.90. The molecule has 3 aromatic rings. The van der Waals surface area contributed by atoms with Gasteiger partial charge in [-0.05, 0) is 41.6 Å². The van der Waals surface area contributed by atoms with Crippen LogP contribution in [0, 0.1) is 11.3 Å². The Balaban J connectivity index is 1.66. The quantitative estimate of drug-likeness (QED) is 0.459. The van der Waals surface area contributed by atoms with E-state index in [0.29, 0.717) is 27.0 Å². The number of fused-ring (bicyclic) bond motifs is 2. The van der Waals surface area contributed by atoms with Gasteiger partial charge in [-0.2, -0.15) is 5.26 Å². The minimum Gasteiger partial charge on any atom is -0.454 e. The van der Waals surface area contributed by atoms with Crippen molar-refractivity contribution in [1.29, 1.82) is 5.26 Å². The number of benzene rings is 2. The lowest BCUT2D eigenvalue weighted by Gasteiger charge is -2.02. The third-order valence-electron chi connectivity index (χ3n) is 3.36. The van der Waals surface area contributed by atoms with Crippen LogP contribution in [0.2, 0.25) is 5.02 Å². The molecular weight excluding hydrogens is 364 g/mol. The minimum absolute atomic E-state index is 0.185. The molecule has 0 N–H and O–H groups in total. The summed E-state index contributed by atoms with van der Waals surface area (Å²) in [5, 5.41) is 9.96. The Morgan fingerprint density at radius 2 is 2.08 bits per heavy atom. The number of allylic oxidation sites excluding steroid dienone is 1. The molecule has 0 fully saturated rings. The first kappa shape index (κ1) is 15.3. The van der Waals surface area contributed by atoms with Gasteiger partial charge in [0.25, 0.3) is 0 Å². The lowest BCUT2D eigenvalue weighted by atomic mass is 10.2. The van der Waals surface area contributed by atoms with E-state index in [1.165, 1.54) is 11.8 Å². The molecule has 0 bridgehead atoms. The molecule has 4 nitrogen and oxygen atoms in total. The van der Waals surface area contributed by atoms with Gasteiger partial charge in [0.2, 0.25) is 6.79 Å². The fourth-order valence-corrected chi connectivity index (χ4v) is 4.43. The van der Waals surface area contributed by atoms with Crippen LogP contribution >= 0.6 is 34.7 Å². The van der Waals surface area contributed by atoms with E-state index in [9.17, 15) is 5.26 Å². The van der Waals surface area contributed by atoms with Crippen LogP contribution in [0.4, 0.5) is 0 Å². The zero-order chi connectivity index (χ0) is 16.5. The molecule has 0 saturated heterocycles. The molecule has 0 unspecified atom stereocenters. The van der Waals surface area contributed by atoms with Crippen LogP contribution in [0.15, 0.2) is 45.6 Å². The molecule has 0 atom stereocenters. The number of para-hydroxylation sites is 1. The molecule has 1 aliphatic heterocycles. The summed E-state index contributed by atoms with van der Waals surface area (Å²) in [4.78, 5) is 5.04. The van der Waals surface area contributed by atoms with Gasteiger partial charge in [-0.1, -0.05) is 23.7 Å². The lowest BCUT2D eigenvalue weighted by molar-refractivity contribution is 0.174. The van der Waals surface area contributed by atoms with E-state index in [2.05, 4.69) is 11.1 Å². The van der Waals surface area contributed by atoms with E-state index in [4.69, 9.17) is 21.1 Å². The van der Waals surface area contributed by atoms with Gasteiger partial charge in [0.05, 0.1) is 20.1 Å². The number of thioether (sulfide) groups is 1. The molecule has 0 spiro atoms. The Hall–Kier alpha value is -2.20. The average molecular weight is 373 g/mol. The Labute approximate surface area is 151 Å². The fourth-order valence-electron chi connectivity index (χ4n) is 2.26. The SMILES string of the molecule is N#CC(=Cc1cc2c(cc1Cl)OCO2)Sc1nc2ccccc2s1. The van der Waals surface area contributed by atoms with Crippen molar-refractivity contribution in [2.75, 3.05) is 6.79 Å². The molecular formula is C17H9ClN2O2S2. The van der Waals surface area contributed by atoms with E-state index < -0.39 is 0 Å². The van der Waals surface area contributed by atoms with Gasteiger partial charge in [-0.15, -0.1) is 11.3 Å². The number of nitriles is 1. The van der Waals surface area contributed by atoms with Crippen molar-refractivity contribution in [1.82, 2.24) is 4.98 Å². The summed E-state index contributed by atoms with van der Waals surface area (Å²) in [5.41, 5.74) is 1.65. The highest BCUT2D eigenvalue weighted by molar-refractivity contribution is 8.05. The van der Waals surface area contributed by atoms with E-state index in [1.807, 2.05) is 24.3 Å². The molecule has 0 aliphatic carbocycles. The molecule has 118 valence electrons. The maximum atomic E-state index is 9.45. The first-order valence-corrected chi connectivity index (χ1v) is 8.98. The summed E-state index contributed by atoms with van der Waals surface area (Å²) in [5.74, 6) is 1.25. The summed E-state index contributed by atoms with van der Waals surface area (Å²) in [6, 6.07) is 13.6. The fraction of sp³-hybridized carbons (Fsp3) is 0.0588. The van der Waals surface area contributed by atoms with Gasteiger partial charge in [-0.3, -0.25) is 0 Å². The second kappa shape index (κ2) is 6.36. The highest BCUT2D eigenvalue weighted by atomic mass is 35.5. The number of nitrogens with zero attached hydrogens (tertiary/aromatic N) is 2. The molecule has 2 aromatic carbocycles. The zero-order valence-electron chi connectivity index (χ0n) is 12.2. The normalized spacial score (nSPS) is 13.2. The van der Waals surface area contributed by atoms with E-state index in [-0.39, 0.29) is 6.79 Å². The molecule has 24 heavy (non-hydrogen) atoms. The van der Waals surface area contributed by atoms with Crippen molar-refractivity contribution < 1.29 is 9.47 Å². The highest BCUT2D eigenvalue weighted by Crippen LogP contribution is 2.39. The molecule has 2 heterocycles. The predicted octanol–water partition coefficient (Wildman–Crippen LogP) is 5.34. The third kappa shape index (κ3) is 2.94. The van der Waals surface area contributed by atoms with Crippen LogP contribution in [-0.2, 0) is 0 Å². The first-order valence-electron chi connectivity index (χ1n) is 6.97. The van der Waals surface area contributed by atoms with Crippen molar-refractivity contribution in [2.45, 2.75) is 4.34 Å². The number of aromatic nitrogens is 1. The van der Waals surface area contributed by atoms with E-state index in [1.54, 1.807) is 29.5 Å². The largest absolute Gasteiger partial charge is 0.454 e. The standard InChI is InChI=1S/C17H9ClN2O2S2/c18-12-7-15-14(21-9-22-15)6-10(12)5-11(8-19)23-17-20-13-3-1-2-4-16(13)24-17/h1-7H,9H2. The number of halogens is 1. The Kier molecular flexibility index (Phi) is 4.07. The van der Waals surface area contributed by atoms with Gasteiger partial charge in [0.1, 0.15) is 6.07 Å². The van der Waals surface area contributed by atoms with Crippen LogP contribution in [0.5, 0.6) is 11.5 Å². The van der Waals surface area contributed by atoms with Crippen LogP contribution in [-0.4, -0.2) is 11.8 Å². The zero-order valence-corrected chi connectivity index (χ0v) is 14.5. The highest BCUT2D eigenvalue weighted by Gasteiger charge is 2.16. The molecule has 1 aliphatic rings. The number of hydrogen-bond donors (Lipinski definition) is 0. The Morgan fingerprint density at radius 3 is 2.88 bits per heavy atom. The summed E-state index contributed by atoms with van der Waals surface area (Å²) in [6.45, 7) is 0.185. The molecule has 0 saturated carbocycles. The van der Waals surface area contributed by atoms with Crippen LogP contribution in [0.1, 0.15) is 5.56 Å². The lowest BCUT2D eigenvalue weighted by Crippen LogP contribution is -1.92. The number of thiazole rings is 1. The Morgan fingerprint density at radius 1 is 1.29 bits per heavy atom. The summed E-state index contributed by atoms with van der Waals surface area (Å²) >= 11 is 9.15. The first-order chi connectivity index (χ1) is 11.7. The van der Waals surface area contributed by atoms with Gasteiger partial charge < -0.3 is 9.47 Å². The minimum atomic E-state index is 0.185. The number of hydrogen-bond acceptors (Lipinski definition) is 6. The summed E-state index contributed by atoms with van der Waals surface area (Å²) in [7, 11) is 0. The van der Waals surface area contributed by atoms with Gasteiger partial charge >= 0.3 is 0 Å². The smallest absolute Gasteiger partial charge is 0.231 e. The average Bonchev–Trinajstić information content (AvgIpc) is 3.19. The van der Waals surface area contributed by atoms with Crippen LogP contribution in [0.3, 0.4) is 0 Å². The van der Waals surface area contributed by atoms with Crippen molar-refractivity contribution in [2.24, 2.45) is 0 Å². The number of ether oxygens (including phenoxy) is 2. The molecule has 4 rings (SSSR count). The van der Waals surface area contributed by atoms with Crippen molar-refractivity contribution in [3.05, 3.63) is 51.9 Å². The molecule has 0 amide bonds. The topological polar surface area (TPSA) is 55.1 Å². The number of rotatable bonds is 3. The second-order valence-corrected chi connectivity index (χ2v) is 7.62. The van der Waals surface area contributed by atoms with Gasteiger partial charge in [-0.25, -0.2) is 4.98 Å². The van der Waals surface area contributed by atoms with E-state index >= 15 is 0 Å². The predicted molar refractivity (Wildman–Crippen MR) is 96.6 cm³/mol. The van der Waals surface area contributed by atoms with Crippen LogP contribution < -0.4 is 9.47 Å². The maximum Gasteiger partial charge on any atom is 0.231 e.